The van der Waals surface area contributed by atoms with Gasteiger partial charge in [-0.1, -0.05) is 35.5 Å². The summed E-state index contributed by atoms with van der Waals surface area (Å²) in [5, 5.41) is 13.0. The molecule has 32 heavy (non-hydrogen) atoms. The number of hydrogen-bond donors (Lipinski definition) is 1. The molecule has 0 unspecified atom stereocenters. The highest BCUT2D eigenvalue weighted by atomic mass is 35.5. The van der Waals surface area contributed by atoms with Crippen LogP contribution in [-0.2, 0) is 4.79 Å². The quantitative estimate of drug-likeness (QED) is 0.374. The van der Waals surface area contributed by atoms with Crippen molar-refractivity contribution in [1.82, 2.24) is 19.7 Å². The Hall–Kier alpha value is -3.16. The lowest BCUT2D eigenvalue weighted by molar-refractivity contribution is -0.113. The monoisotopic (exact) mass is 463 g/mol. The number of halogens is 1. The second-order valence-corrected chi connectivity index (χ2v) is 8.82. The predicted octanol–water partition coefficient (Wildman–Crippen LogP) is 5.64. The highest BCUT2D eigenvalue weighted by Gasteiger charge is 2.19. The van der Waals surface area contributed by atoms with Gasteiger partial charge in [0.05, 0.1) is 11.4 Å². The predicted molar refractivity (Wildman–Crippen MR) is 130 cm³/mol. The molecule has 0 fully saturated rings. The molecule has 0 bridgehead atoms. The topological polar surface area (TPSA) is 72.7 Å². The van der Waals surface area contributed by atoms with Crippen molar-refractivity contribution in [2.45, 2.75) is 25.9 Å². The number of thioether (sulfide) groups is 1. The summed E-state index contributed by atoms with van der Waals surface area (Å²) in [7, 11) is 0. The van der Waals surface area contributed by atoms with Gasteiger partial charge < -0.3 is 5.32 Å². The lowest BCUT2D eigenvalue weighted by Crippen LogP contribution is -2.15. The average molecular weight is 464 g/mol. The van der Waals surface area contributed by atoms with E-state index in [1.54, 1.807) is 12.4 Å². The number of carbonyl (C=O) groups excluding carboxylic acids is 1. The first-order valence-corrected chi connectivity index (χ1v) is 11.4. The number of pyridine rings is 1. The molecule has 2 heterocycles. The van der Waals surface area contributed by atoms with Crippen molar-refractivity contribution in [3.63, 3.8) is 0 Å². The molecule has 4 rings (SSSR count). The van der Waals surface area contributed by atoms with Crippen molar-refractivity contribution in [2.24, 2.45) is 0 Å². The summed E-state index contributed by atoms with van der Waals surface area (Å²) >= 11 is 7.72. The molecule has 0 aliphatic carbocycles. The number of benzene rings is 2. The molecule has 6 nitrogen and oxygen atoms in total. The van der Waals surface area contributed by atoms with Crippen molar-refractivity contribution in [3.05, 3.63) is 82.6 Å². The zero-order valence-corrected chi connectivity index (χ0v) is 19.5. The van der Waals surface area contributed by atoms with Crippen molar-refractivity contribution >= 4 is 35.0 Å². The fourth-order valence-electron chi connectivity index (χ4n) is 3.48. The number of nitrogens with zero attached hydrogens (tertiary/aromatic N) is 4. The van der Waals surface area contributed by atoms with Gasteiger partial charge in [-0.3, -0.25) is 14.3 Å². The fraction of sp³-hybridized carbons (Fsp3) is 0.167. The lowest BCUT2D eigenvalue weighted by Gasteiger charge is -2.14. The molecule has 0 aliphatic heterocycles. The molecule has 162 valence electrons. The molecule has 0 saturated heterocycles. The molecule has 0 aliphatic rings. The zero-order chi connectivity index (χ0) is 22.7. The van der Waals surface area contributed by atoms with Gasteiger partial charge in [-0.2, -0.15) is 0 Å². The number of aromatic nitrogens is 4. The summed E-state index contributed by atoms with van der Waals surface area (Å²) in [6.07, 6.45) is 3.42. The van der Waals surface area contributed by atoms with E-state index in [0.717, 1.165) is 33.6 Å². The van der Waals surface area contributed by atoms with E-state index in [1.807, 2.05) is 67.8 Å². The van der Waals surface area contributed by atoms with E-state index in [4.69, 9.17) is 11.6 Å². The number of aryl methyl sites for hydroxylation is 2. The molecular formula is C24H22ClN5OS. The van der Waals surface area contributed by atoms with E-state index in [0.29, 0.717) is 16.0 Å². The molecule has 0 radical (unpaired) electrons. The van der Waals surface area contributed by atoms with E-state index in [2.05, 4.69) is 26.6 Å². The normalized spacial score (nSPS) is 10.9. The maximum absolute atomic E-state index is 12.6. The van der Waals surface area contributed by atoms with Crippen LogP contribution in [0.1, 0.15) is 16.7 Å². The van der Waals surface area contributed by atoms with Gasteiger partial charge >= 0.3 is 0 Å². The minimum atomic E-state index is -0.108. The number of anilines is 1. The first kappa shape index (κ1) is 22.0. The van der Waals surface area contributed by atoms with Crippen LogP contribution in [0.5, 0.6) is 0 Å². The number of amides is 1. The van der Waals surface area contributed by atoms with E-state index < -0.39 is 0 Å². The average Bonchev–Trinajstić information content (AvgIpc) is 3.18. The summed E-state index contributed by atoms with van der Waals surface area (Å²) in [4.78, 5) is 16.7. The van der Waals surface area contributed by atoms with Gasteiger partial charge in [-0.25, -0.2) is 0 Å². The minimum absolute atomic E-state index is 0.108. The SMILES string of the molecule is Cc1cc(C)cc(NC(=O)CSc2nnc(-c3ccncc3)n2-c2cccc(Cl)c2C)c1. The molecule has 0 atom stereocenters. The lowest BCUT2D eigenvalue weighted by atomic mass is 10.1. The highest BCUT2D eigenvalue weighted by Crippen LogP contribution is 2.31. The van der Waals surface area contributed by atoms with Crippen LogP contribution in [0, 0.1) is 20.8 Å². The zero-order valence-electron chi connectivity index (χ0n) is 18.0. The van der Waals surface area contributed by atoms with Crippen molar-refractivity contribution in [3.8, 4) is 17.1 Å². The van der Waals surface area contributed by atoms with Gasteiger partial charge in [0, 0.05) is 28.7 Å². The maximum Gasteiger partial charge on any atom is 0.234 e. The Labute approximate surface area is 196 Å². The van der Waals surface area contributed by atoms with Gasteiger partial charge in [0.2, 0.25) is 5.91 Å². The molecule has 2 aromatic carbocycles. The van der Waals surface area contributed by atoms with Crippen LogP contribution in [0.3, 0.4) is 0 Å². The van der Waals surface area contributed by atoms with Gasteiger partial charge in [0.1, 0.15) is 0 Å². The maximum atomic E-state index is 12.6. The van der Waals surface area contributed by atoms with E-state index >= 15 is 0 Å². The smallest absolute Gasteiger partial charge is 0.234 e. The Morgan fingerprint density at radius 1 is 1.03 bits per heavy atom. The highest BCUT2D eigenvalue weighted by molar-refractivity contribution is 7.99. The largest absolute Gasteiger partial charge is 0.325 e. The third-order valence-corrected chi connectivity index (χ3v) is 6.23. The first-order valence-electron chi connectivity index (χ1n) is 10.0. The standard InChI is InChI=1S/C24H22ClN5OS/c1-15-11-16(2)13-19(12-15)27-22(31)14-32-24-29-28-23(18-7-9-26-10-8-18)30(24)21-6-4-5-20(25)17(21)3/h4-13H,14H2,1-3H3,(H,27,31). The number of nitrogens with one attached hydrogen (secondary N) is 1. The van der Waals surface area contributed by atoms with Crippen LogP contribution >= 0.6 is 23.4 Å². The van der Waals surface area contributed by atoms with Crippen LogP contribution in [0.2, 0.25) is 5.02 Å². The third-order valence-electron chi connectivity index (χ3n) is 4.89. The number of carbonyl (C=O) groups is 1. The molecule has 0 saturated carbocycles. The van der Waals surface area contributed by atoms with Crippen LogP contribution in [0.25, 0.3) is 17.1 Å². The molecule has 2 aromatic heterocycles. The number of hydrogen-bond acceptors (Lipinski definition) is 5. The molecule has 0 spiro atoms. The third kappa shape index (κ3) is 4.84. The molecule has 8 heteroatoms. The molecule has 1 amide bonds. The van der Waals surface area contributed by atoms with E-state index in [-0.39, 0.29) is 11.7 Å². The van der Waals surface area contributed by atoms with E-state index in [9.17, 15) is 4.79 Å². The Bertz CT molecular complexity index is 1250. The van der Waals surface area contributed by atoms with Crippen LogP contribution in [0.4, 0.5) is 5.69 Å². The van der Waals surface area contributed by atoms with Gasteiger partial charge in [-0.05, 0) is 73.9 Å². The van der Waals surface area contributed by atoms with Gasteiger partial charge in [-0.15, -0.1) is 10.2 Å². The van der Waals surface area contributed by atoms with Crippen LogP contribution < -0.4 is 5.32 Å². The van der Waals surface area contributed by atoms with Crippen molar-refractivity contribution in [1.29, 1.82) is 0 Å². The van der Waals surface area contributed by atoms with Crippen LogP contribution in [-0.4, -0.2) is 31.4 Å². The Morgan fingerprint density at radius 3 is 2.47 bits per heavy atom. The fourth-order valence-corrected chi connectivity index (χ4v) is 4.40. The summed E-state index contributed by atoms with van der Waals surface area (Å²) in [5.74, 6) is 0.749. The summed E-state index contributed by atoms with van der Waals surface area (Å²) in [5.41, 5.74) is 5.64. The van der Waals surface area contributed by atoms with Gasteiger partial charge in [0.15, 0.2) is 11.0 Å². The second-order valence-electron chi connectivity index (χ2n) is 7.47. The summed E-state index contributed by atoms with van der Waals surface area (Å²) in [6, 6.07) is 15.4. The van der Waals surface area contributed by atoms with Crippen molar-refractivity contribution < 1.29 is 4.79 Å². The Balaban J connectivity index is 1.63. The summed E-state index contributed by atoms with van der Waals surface area (Å²) < 4.78 is 1.94. The number of rotatable bonds is 6. The first-order chi connectivity index (χ1) is 15.4. The van der Waals surface area contributed by atoms with Crippen molar-refractivity contribution in [2.75, 3.05) is 11.1 Å². The van der Waals surface area contributed by atoms with Gasteiger partial charge in [0.25, 0.3) is 0 Å². The Kier molecular flexibility index (Phi) is 6.58. The van der Waals surface area contributed by atoms with E-state index in [1.165, 1.54) is 11.8 Å². The molecular weight excluding hydrogens is 442 g/mol. The minimum Gasteiger partial charge on any atom is -0.325 e. The molecule has 1 N–H and O–H groups in total. The second kappa shape index (κ2) is 9.54. The van der Waals surface area contributed by atoms with Crippen LogP contribution in [0.15, 0.2) is 66.1 Å². The molecule has 4 aromatic rings. The summed E-state index contributed by atoms with van der Waals surface area (Å²) in [6.45, 7) is 5.97. The Morgan fingerprint density at radius 2 is 1.75 bits per heavy atom.